The Labute approximate surface area is 127 Å². The maximum atomic E-state index is 11.8. The molecule has 2 heteroatoms. The second-order valence-corrected chi connectivity index (χ2v) is 8.04. The minimum absolute atomic E-state index is 0.0672. The molecule has 114 valence electrons. The number of carbonyl (C=O) groups excluding carboxylic acids is 1. The smallest absolute Gasteiger partial charge is 0.155 e. The number of rotatable bonds is 0. The van der Waals surface area contributed by atoms with Crippen LogP contribution in [0, 0.1) is 29.1 Å². The number of hydrogen-bond donors (Lipinski definition) is 1. The molecule has 0 radical (unpaired) electrons. The van der Waals surface area contributed by atoms with Crippen molar-refractivity contribution in [3.05, 3.63) is 23.3 Å². The molecule has 1 N–H and O–H groups in total. The molecule has 6 atom stereocenters. The van der Waals surface area contributed by atoms with E-state index in [1.165, 1.54) is 19.3 Å². The van der Waals surface area contributed by atoms with Gasteiger partial charge in [0.25, 0.3) is 0 Å². The van der Waals surface area contributed by atoms with E-state index >= 15 is 0 Å². The zero-order valence-electron chi connectivity index (χ0n) is 13.1. The number of ketones is 1. The Morgan fingerprint density at radius 3 is 2.90 bits per heavy atom. The first-order chi connectivity index (χ1) is 10.0. The van der Waals surface area contributed by atoms with Crippen LogP contribution in [0.5, 0.6) is 0 Å². The summed E-state index contributed by atoms with van der Waals surface area (Å²) in [5, 5.41) is 10.7. The number of allylic oxidation sites excluding steroid dienone is 3. The maximum Gasteiger partial charge on any atom is 0.155 e. The lowest BCUT2D eigenvalue weighted by atomic mass is 9.49. The van der Waals surface area contributed by atoms with Crippen molar-refractivity contribution in [3.63, 3.8) is 0 Å². The van der Waals surface area contributed by atoms with Gasteiger partial charge in [0.2, 0.25) is 0 Å². The summed E-state index contributed by atoms with van der Waals surface area (Å²) < 4.78 is 0. The zero-order valence-corrected chi connectivity index (χ0v) is 13.1. The lowest BCUT2D eigenvalue weighted by Gasteiger charge is -2.56. The summed E-state index contributed by atoms with van der Waals surface area (Å²) in [5.41, 5.74) is 2.71. The van der Waals surface area contributed by atoms with Crippen LogP contribution in [0.15, 0.2) is 23.3 Å². The van der Waals surface area contributed by atoms with Crippen molar-refractivity contribution in [2.24, 2.45) is 29.1 Å². The van der Waals surface area contributed by atoms with Gasteiger partial charge in [0, 0.05) is 6.42 Å². The van der Waals surface area contributed by atoms with Crippen LogP contribution in [0.2, 0.25) is 0 Å². The number of aliphatic hydroxyl groups is 1. The summed E-state index contributed by atoms with van der Waals surface area (Å²) in [6.45, 7) is 4.61. The van der Waals surface area contributed by atoms with Gasteiger partial charge in [-0.25, -0.2) is 0 Å². The van der Waals surface area contributed by atoms with Gasteiger partial charge < -0.3 is 5.11 Å². The molecule has 4 aliphatic carbocycles. The van der Waals surface area contributed by atoms with Crippen LogP contribution in [-0.4, -0.2) is 17.0 Å². The Balaban J connectivity index is 1.71. The zero-order chi connectivity index (χ0) is 14.8. The third kappa shape index (κ3) is 1.84. The van der Waals surface area contributed by atoms with E-state index in [4.69, 9.17) is 0 Å². The first-order valence-corrected chi connectivity index (χ1v) is 8.60. The molecule has 2 fully saturated rings. The summed E-state index contributed by atoms with van der Waals surface area (Å²) in [6.07, 6.45) is 10.1. The maximum absolute atomic E-state index is 11.8. The summed E-state index contributed by atoms with van der Waals surface area (Å²) in [6, 6.07) is 0. The van der Waals surface area contributed by atoms with E-state index in [0.717, 1.165) is 30.3 Å². The third-order valence-electron chi connectivity index (χ3n) is 7.21. The van der Waals surface area contributed by atoms with E-state index in [-0.39, 0.29) is 17.3 Å². The van der Waals surface area contributed by atoms with Crippen LogP contribution in [-0.2, 0) is 4.79 Å². The van der Waals surface area contributed by atoms with Crippen LogP contribution in [0.4, 0.5) is 0 Å². The predicted molar refractivity (Wildman–Crippen MR) is 82.6 cm³/mol. The van der Waals surface area contributed by atoms with Crippen LogP contribution in [0.1, 0.15) is 52.4 Å². The number of hydrogen-bond acceptors (Lipinski definition) is 2. The second-order valence-electron chi connectivity index (χ2n) is 8.04. The van der Waals surface area contributed by atoms with Gasteiger partial charge in [-0.1, -0.05) is 18.6 Å². The lowest BCUT2D eigenvalue weighted by molar-refractivity contribution is -0.118. The minimum Gasteiger partial charge on any atom is -0.389 e. The number of fused-ring (bicyclic) bond motifs is 5. The van der Waals surface area contributed by atoms with Crippen LogP contribution in [0.3, 0.4) is 0 Å². The molecule has 0 saturated heterocycles. The molecule has 4 aliphatic rings. The van der Waals surface area contributed by atoms with Crippen LogP contribution < -0.4 is 0 Å². The van der Waals surface area contributed by atoms with Gasteiger partial charge in [-0.3, -0.25) is 4.79 Å². The first-order valence-electron chi connectivity index (χ1n) is 8.60. The average molecular weight is 286 g/mol. The topological polar surface area (TPSA) is 37.3 Å². The van der Waals surface area contributed by atoms with Crippen molar-refractivity contribution in [2.45, 2.75) is 58.5 Å². The van der Waals surface area contributed by atoms with E-state index in [1.54, 1.807) is 11.6 Å². The molecular formula is C19H26O2. The molecule has 0 bridgehead atoms. The Kier molecular flexibility index (Phi) is 2.98. The molecule has 0 aromatic heterocycles. The quantitative estimate of drug-likeness (QED) is 0.690. The summed E-state index contributed by atoms with van der Waals surface area (Å²) in [7, 11) is 0. The number of carbonyl (C=O) groups is 1. The molecule has 0 aromatic rings. The van der Waals surface area contributed by atoms with Crippen LogP contribution >= 0.6 is 0 Å². The molecule has 21 heavy (non-hydrogen) atoms. The van der Waals surface area contributed by atoms with E-state index in [9.17, 15) is 9.90 Å². The molecule has 2 nitrogen and oxygen atoms in total. The van der Waals surface area contributed by atoms with E-state index in [1.807, 2.05) is 0 Å². The standard InChI is InChI=1S/C19H26O2/c1-11-3-4-14-13(11)5-6-16-15(14)10-18(21)17-9-12(20)7-8-19(16,17)2/h3,9,13-16,18,21H,4-8,10H2,1-2H3/t13-,14-,15+,16+,18-,19-/m1/s1. The first kappa shape index (κ1) is 13.8. The molecule has 0 aliphatic heterocycles. The van der Waals surface area contributed by atoms with Gasteiger partial charge >= 0.3 is 0 Å². The molecule has 0 aromatic carbocycles. The van der Waals surface area contributed by atoms with Crippen molar-refractivity contribution >= 4 is 5.78 Å². The largest absolute Gasteiger partial charge is 0.389 e. The van der Waals surface area contributed by atoms with Crippen molar-refractivity contribution in [2.75, 3.05) is 0 Å². The second kappa shape index (κ2) is 4.55. The SMILES string of the molecule is CC1=CC[C@H]2[C@@H]3C[C@@H](O)C4=CC(=O)CC[C@]4(C)[C@H]3CC[C@H]12. The van der Waals surface area contributed by atoms with Crippen LogP contribution in [0.25, 0.3) is 0 Å². The molecule has 0 heterocycles. The summed E-state index contributed by atoms with van der Waals surface area (Å²) in [4.78, 5) is 11.8. The van der Waals surface area contributed by atoms with Crippen molar-refractivity contribution in [1.29, 1.82) is 0 Å². The fourth-order valence-corrected chi connectivity index (χ4v) is 6.09. The Hall–Kier alpha value is -0.890. The molecule has 0 spiro atoms. The number of aliphatic hydroxyl groups excluding tert-OH is 1. The lowest BCUT2D eigenvalue weighted by Crippen LogP contribution is -2.51. The minimum atomic E-state index is -0.389. The highest BCUT2D eigenvalue weighted by Crippen LogP contribution is 2.61. The molecular weight excluding hydrogens is 260 g/mol. The third-order valence-corrected chi connectivity index (χ3v) is 7.21. The van der Waals surface area contributed by atoms with Gasteiger partial charge in [-0.2, -0.15) is 0 Å². The summed E-state index contributed by atoms with van der Waals surface area (Å²) >= 11 is 0. The highest BCUT2D eigenvalue weighted by molar-refractivity contribution is 5.91. The molecule has 2 saturated carbocycles. The van der Waals surface area contributed by atoms with E-state index in [2.05, 4.69) is 19.9 Å². The van der Waals surface area contributed by atoms with E-state index in [0.29, 0.717) is 18.3 Å². The highest BCUT2D eigenvalue weighted by Gasteiger charge is 2.55. The fourth-order valence-electron chi connectivity index (χ4n) is 6.09. The normalized spacial score (nSPS) is 48.9. The van der Waals surface area contributed by atoms with Gasteiger partial charge in [0.05, 0.1) is 6.10 Å². The summed E-state index contributed by atoms with van der Waals surface area (Å²) in [5.74, 6) is 3.03. The van der Waals surface area contributed by atoms with Crippen molar-refractivity contribution in [1.82, 2.24) is 0 Å². The van der Waals surface area contributed by atoms with Gasteiger partial charge in [0.1, 0.15) is 0 Å². The molecule has 0 unspecified atom stereocenters. The Bertz CT molecular complexity index is 544. The highest BCUT2D eigenvalue weighted by atomic mass is 16.3. The Morgan fingerprint density at radius 1 is 1.29 bits per heavy atom. The van der Waals surface area contributed by atoms with E-state index < -0.39 is 0 Å². The predicted octanol–water partition coefficient (Wildman–Crippen LogP) is 3.66. The average Bonchev–Trinajstić information content (AvgIpc) is 2.83. The van der Waals surface area contributed by atoms with Gasteiger partial charge in [-0.05, 0) is 79.8 Å². The van der Waals surface area contributed by atoms with Crippen molar-refractivity contribution < 1.29 is 9.90 Å². The Morgan fingerprint density at radius 2 is 2.10 bits per heavy atom. The molecule has 4 rings (SSSR count). The van der Waals surface area contributed by atoms with Gasteiger partial charge in [0.15, 0.2) is 5.78 Å². The van der Waals surface area contributed by atoms with Crippen molar-refractivity contribution in [3.8, 4) is 0 Å². The van der Waals surface area contributed by atoms with Gasteiger partial charge in [-0.15, -0.1) is 0 Å². The monoisotopic (exact) mass is 286 g/mol. The molecule has 0 amide bonds. The fraction of sp³-hybridized carbons (Fsp3) is 0.737.